The summed E-state index contributed by atoms with van der Waals surface area (Å²) in [5.41, 5.74) is 7.02. The molecule has 1 aromatic rings. The Bertz CT molecular complexity index is 313. The highest BCUT2D eigenvalue weighted by molar-refractivity contribution is 5.03. The number of nitrogens with zero attached hydrogens (tertiary/aromatic N) is 3. The minimum atomic E-state index is 0.745. The van der Waals surface area contributed by atoms with Crippen LogP contribution in [-0.2, 0) is 13.1 Å². The lowest BCUT2D eigenvalue weighted by Gasteiger charge is -2.30. The Balaban J connectivity index is 1.82. The topological polar surface area (TPSA) is 47.1 Å². The normalized spacial score (nSPS) is 19.1. The summed E-state index contributed by atoms with van der Waals surface area (Å²) in [6.07, 6.45) is 6.63. The van der Waals surface area contributed by atoms with Crippen molar-refractivity contribution in [2.45, 2.75) is 32.9 Å². The first-order valence-corrected chi connectivity index (χ1v) is 6.25. The molecular weight excluding hydrogens is 200 g/mol. The minimum Gasteiger partial charge on any atom is -0.330 e. The van der Waals surface area contributed by atoms with Crippen molar-refractivity contribution in [3.05, 3.63) is 18.0 Å². The summed E-state index contributed by atoms with van der Waals surface area (Å²) in [4.78, 5) is 2.50. The molecule has 4 heteroatoms. The van der Waals surface area contributed by atoms with Crippen molar-refractivity contribution < 1.29 is 0 Å². The Morgan fingerprint density at radius 2 is 2.19 bits per heavy atom. The van der Waals surface area contributed by atoms with Crippen LogP contribution in [0.3, 0.4) is 0 Å². The van der Waals surface area contributed by atoms with Crippen LogP contribution in [-0.4, -0.2) is 34.3 Å². The van der Waals surface area contributed by atoms with Gasteiger partial charge in [0.15, 0.2) is 0 Å². The monoisotopic (exact) mass is 222 g/mol. The third-order valence-electron chi connectivity index (χ3n) is 3.46. The quantitative estimate of drug-likeness (QED) is 0.829. The number of rotatable bonds is 4. The van der Waals surface area contributed by atoms with Gasteiger partial charge >= 0.3 is 0 Å². The first-order valence-electron chi connectivity index (χ1n) is 6.25. The maximum absolute atomic E-state index is 5.69. The molecule has 1 fully saturated rings. The first kappa shape index (κ1) is 11.6. The van der Waals surface area contributed by atoms with Crippen molar-refractivity contribution >= 4 is 0 Å². The largest absolute Gasteiger partial charge is 0.330 e. The van der Waals surface area contributed by atoms with Gasteiger partial charge in [-0.2, -0.15) is 5.10 Å². The van der Waals surface area contributed by atoms with E-state index in [9.17, 15) is 0 Å². The second-order valence-corrected chi connectivity index (χ2v) is 4.66. The van der Waals surface area contributed by atoms with E-state index in [0.29, 0.717) is 0 Å². The molecule has 0 radical (unpaired) electrons. The van der Waals surface area contributed by atoms with Crippen LogP contribution >= 0.6 is 0 Å². The highest BCUT2D eigenvalue weighted by Crippen LogP contribution is 2.17. The molecule has 0 bridgehead atoms. The molecule has 16 heavy (non-hydrogen) atoms. The van der Waals surface area contributed by atoms with E-state index in [1.807, 2.05) is 10.9 Å². The number of aromatic nitrogens is 2. The van der Waals surface area contributed by atoms with E-state index in [-0.39, 0.29) is 0 Å². The Hall–Kier alpha value is -0.870. The third kappa shape index (κ3) is 2.83. The zero-order valence-electron chi connectivity index (χ0n) is 10.1. The first-order chi connectivity index (χ1) is 7.81. The summed E-state index contributed by atoms with van der Waals surface area (Å²) in [5, 5.41) is 4.30. The van der Waals surface area contributed by atoms with Crippen molar-refractivity contribution in [1.29, 1.82) is 0 Å². The van der Waals surface area contributed by atoms with Crippen LogP contribution in [0, 0.1) is 5.92 Å². The van der Waals surface area contributed by atoms with Crippen LogP contribution in [0.15, 0.2) is 12.4 Å². The van der Waals surface area contributed by atoms with Crippen LogP contribution in [0.4, 0.5) is 0 Å². The predicted molar refractivity (Wildman–Crippen MR) is 65.0 cm³/mol. The number of nitrogens with two attached hydrogens (primary N) is 1. The second kappa shape index (κ2) is 5.46. The van der Waals surface area contributed by atoms with E-state index in [0.717, 1.165) is 25.6 Å². The van der Waals surface area contributed by atoms with Gasteiger partial charge in [0.05, 0.1) is 6.20 Å². The summed E-state index contributed by atoms with van der Waals surface area (Å²) < 4.78 is 1.99. The van der Waals surface area contributed by atoms with Crippen molar-refractivity contribution in [1.82, 2.24) is 14.7 Å². The molecule has 0 aromatic carbocycles. The van der Waals surface area contributed by atoms with Crippen molar-refractivity contribution in [3.8, 4) is 0 Å². The van der Waals surface area contributed by atoms with E-state index >= 15 is 0 Å². The Kier molecular flexibility index (Phi) is 3.96. The van der Waals surface area contributed by atoms with Gasteiger partial charge in [0, 0.05) is 24.8 Å². The van der Waals surface area contributed by atoms with E-state index in [2.05, 4.69) is 23.1 Å². The van der Waals surface area contributed by atoms with Crippen LogP contribution in [0.1, 0.15) is 25.3 Å². The van der Waals surface area contributed by atoms with Crippen molar-refractivity contribution in [3.63, 3.8) is 0 Å². The van der Waals surface area contributed by atoms with Crippen molar-refractivity contribution in [2.24, 2.45) is 11.7 Å². The fourth-order valence-corrected chi connectivity index (χ4v) is 2.30. The molecule has 1 aromatic heterocycles. The maximum atomic E-state index is 5.69. The lowest BCUT2D eigenvalue weighted by molar-refractivity contribution is 0.180. The molecule has 1 aliphatic heterocycles. The summed E-state index contributed by atoms with van der Waals surface area (Å²) in [5.74, 6) is 0.745. The average molecular weight is 222 g/mol. The maximum Gasteiger partial charge on any atom is 0.0534 e. The molecule has 4 nitrogen and oxygen atoms in total. The standard InChI is InChI=1S/C12H22N4/c1-2-16-10-12(8-14-16)9-15-5-3-11(7-13)4-6-15/h8,10-11H,2-7,9,13H2,1H3. The highest BCUT2D eigenvalue weighted by Gasteiger charge is 2.18. The van der Waals surface area contributed by atoms with Crippen LogP contribution in [0.25, 0.3) is 0 Å². The fourth-order valence-electron chi connectivity index (χ4n) is 2.30. The van der Waals surface area contributed by atoms with E-state index in [1.165, 1.54) is 31.5 Å². The Morgan fingerprint density at radius 3 is 2.75 bits per heavy atom. The summed E-state index contributed by atoms with van der Waals surface area (Å²) in [6, 6.07) is 0. The number of hydrogen-bond acceptors (Lipinski definition) is 3. The van der Waals surface area contributed by atoms with E-state index in [1.54, 1.807) is 0 Å². The molecule has 1 saturated heterocycles. The lowest BCUT2D eigenvalue weighted by atomic mass is 9.97. The molecule has 2 heterocycles. The van der Waals surface area contributed by atoms with Gasteiger partial charge in [-0.15, -0.1) is 0 Å². The Labute approximate surface area is 97.4 Å². The smallest absolute Gasteiger partial charge is 0.0534 e. The molecule has 2 rings (SSSR count). The van der Waals surface area contributed by atoms with Gasteiger partial charge in [-0.1, -0.05) is 0 Å². The van der Waals surface area contributed by atoms with Gasteiger partial charge in [0.1, 0.15) is 0 Å². The molecule has 0 aliphatic carbocycles. The average Bonchev–Trinajstić information content (AvgIpc) is 2.78. The molecule has 0 atom stereocenters. The fraction of sp³-hybridized carbons (Fsp3) is 0.750. The van der Waals surface area contributed by atoms with Gasteiger partial charge in [-0.3, -0.25) is 9.58 Å². The zero-order chi connectivity index (χ0) is 11.4. The lowest BCUT2D eigenvalue weighted by Crippen LogP contribution is -2.35. The molecule has 90 valence electrons. The molecule has 0 unspecified atom stereocenters. The van der Waals surface area contributed by atoms with Crippen LogP contribution < -0.4 is 5.73 Å². The summed E-state index contributed by atoms with van der Waals surface area (Å²) >= 11 is 0. The van der Waals surface area contributed by atoms with Gasteiger partial charge in [-0.25, -0.2) is 0 Å². The van der Waals surface area contributed by atoms with Crippen LogP contribution in [0.2, 0.25) is 0 Å². The van der Waals surface area contributed by atoms with E-state index in [4.69, 9.17) is 5.73 Å². The van der Waals surface area contributed by atoms with Crippen LogP contribution in [0.5, 0.6) is 0 Å². The molecule has 1 aliphatic rings. The van der Waals surface area contributed by atoms with E-state index < -0.39 is 0 Å². The summed E-state index contributed by atoms with van der Waals surface area (Å²) in [7, 11) is 0. The number of aryl methyl sites for hydroxylation is 1. The molecule has 0 spiro atoms. The molecule has 0 amide bonds. The zero-order valence-corrected chi connectivity index (χ0v) is 10.1. The van der Waals surface area contributed by atoms with Gasteiger partial charge in [-0.05, 0) is 45.3 Å². The Morgan fingerprint density at radius 1 is 1.44 bits per heavy atom. The summed E-state index contributed by atoms with van der Waals surface area (Å²) in [6.45, 7) is 7.32. The molecule has 0 saturated carbocycles. The SMILES string of the molecule is CCn1cc(CN2CCC(CN)CC2)cn1. The predicted octanol–water partition coefficient (Wildman–Crippen LogP) is 1.07. The number of hydrogen-bond donors (Lipinski definition) is 1. The van der Waals surface area contributed by atoms with Gasteiger partial charge in [0.25, 0.3) is 0 Å². The molecular formula is C12H22N4. The molecule has 2 N–H and O–H groups in total. The van der Waals surface area contributed by atoms with Crippen molar-refractivity contribution in [2.75, 3.05) is 19.6 Å². The number of likely N-dealkylation sites (tertiary alicyclic amines) is 1. The van der Waals surface area contributed by atoms with Gasteiger partial charge in [0.2, 0.25) is 0 Å². The second-order valence-electron chi connectivity index (χ2n) is 4.66. The highest BCUT2D eigenvalue weighted by atomic mass is 15.3. The third-order valence-corrected chi connectivity index (χ3v) is 3.46. The minimum absolute atomic E-state index is 0.745. The van der Waals surface area contributed by atoms with Gasteiger partial charge < -0.3 is 5.73 Å². The number of piperidine rings is 1.